The summed E-state index contributed by atoms with van der Waals surface area (Å²) in [5.74, 6) is -1.56. The zero-order valence-corrected chi connectivity index (χ0v) is 14.5. The number of carbonyl (C=O) groups is 2. The average molecular weight is 362 g/mol. The largest absolute Gasteiger partial charge is 0.507 e. The van der Waals surface area contributed by atoms with Gasteiger partial charge in [0, 0.05) is 0 Å². The van der Waals surface area contributed by atoms with Crippen LogP contribution < -0.4 is 0 Å². The first-order chi connectivity index (χ1) is 13.1. The molecule has 3 rings (SSSR count). The van der Waals surface area contributed by atoms with Gasteiger partial charge in [-0.15, -0.1) is 0 Å². The van der Waals surface area contributed by atoms with E-state index in [2.05, 4.69) is 0 Å². The van der Waals surface area contributed by atoms with Crippen molar-refractivity contribution in [3.63, 3.8) is 0 Å². The third-order valence-corrected chi connectivity index (χ3v) is 3.88. The third kappa shape index (κ3) is 4.95. The van der Waals surface area contributed by atoms with E-state index < -0.39 is 11.9 Å². The van der Waals surface area contributed by atoms with Crippen LogP contribution in [-0.2, 0) is 22.7 Å². The predicted octanol–water partition coefficient (Wildman–Crippen LogP) is 4.11. The Kier molecular flexibility index (Phi) is 5.84. The number of esters is 2. The van der Waals surface area contributed by atoms with Crippen molar-refractivity contribution in [2.45, 2.75) is 13.2 Å². The molecule has 0 bridgehead atoms. The molecule has 0 saturated carbocycles. The van der Waals surface area contributed by atoms with Crippen LogP contribution >= 0.6 is 0 Å². The summed E-state index contributed by atoms with van der Waals surface area (Å²) in [6, 6.07) is 22.4. The van der Waals surface area contributed by atoms with Crippen molar-refractivity contribution in [3.8, 4) is 5.75 Å². The molecule has 0 fully saturated rings. The number of carbonyl (C=O) groups excluding carboxylic acids is 2. The van der Waals surface area contributed by atoms with Gasteiger partial charge in [0.1, 0.15) is 24.5 Å². The summed E-state index contributed by atoms with van der Waals surface area (Å²) in [6.45, 7) is 0.191. The van der Waals surface area contributed by atoms with E-state index >= 15 is 0 Å². The number of hydrogen-bond acceptors (Lipinski definition) is 5. The molecule has 0 aliphatic carbocycles. The molecule has 0 spiro atoms. The molecule has 0 aliphatic heterocycles. The number of rotatable bonds is 6. The Morgan fingerprint density at radius 3 is 1.78 bits per heavy atom. The van der Waals surface area contributed by atoms with E-state index in [4.69, 9.17) is 9.47 Å². The lowest BCUT2D eigenvalue weighted by Gasteiger charge is -2.09. The first-order valence-electron chi connectivity index (χ1n) is 8.38. The van der Waals surface area contributed by atoms with Crippen molar-refractivity contribution in [1.29, 1.82) is 0 Å². The quantitative estimate of drug-likeness (QED) is 0.668. The van der Waals surface area contributed by atoms with Crippen LogP contribution in [0.2, 0.25) is 0 Å². The minimum absolute atomic E-state index is 0.0712. The third-order valence-electron chi connectivity index (χ3n) is 3.88. The summed E-state index contributed by atoms with van der Waals surface area (Å²) in [7, 11) is 0. The summed E-state index contributed by atoms with van der Waals surface area (Å²) in [6.07, 6.45) is 0. The standard InChI is InChI=1S/C22H18O5/c23-20-12-11-18(21(24)26-14-16-7-3-1-4-8-16)13-19(20)22(25)27-15-17-9-5-2-6-10-17/h1-13,23H,14-15H2. The monoisotopic (exact) mass is 362 g/mol. The molecule has 1 N–H and O–H groups in total. The van der Waals surface area contributed by atoms with Gasteiger partial charge >= 0.3 is 11.9 Å². The van der Waals surface area contributed by atoms with Gasteiger partial charge in [-0.2, -0.15) is 0 Å². The molecule has 0 aromatic heterocycles. The molecule has 0 saturated heterocycles. The number of hydrogen-bond donors (Lipinski definition) is 1. The minimum atomic E-state index is -0.714. The molecular formula is C22H18O5. The number of ether oxygens (including phenoxy) is 2. The number of benzene rings is 3. The number of phenols is 1. The highest BCUT2D eigenvalue weighted by molar-refractivity contribution is 5.97. The molecule has 5 nitrogen and oxygen atoms in total. The van der Waals surface area contributed by atoms with E-state index in [9.17, 15) is 14.7 Å². The lowest BCUT2D eigenvalue weighted by molar-refractivity contribution is 0.0468. The molecule has 0 unspecified atom stereocenters. The van der Waals surface area contributed by atoms with Gasteiger partial charge in [0.15, 0.2) is 0 Å². The highest BCUT2D eigenvalue weighted by atomic mass is 16.5. The fourth-order valence-corrected chi connectivity index (χ4v) is 2.43. The maximum atomic E-state index is 12.3. The summed E-state index contributed by atoms with van der Waals surface area (Å²) in [4.78, 5) is 24.5. The molecule has 0 aliphatic rings. The molecule has 0 heterocycles. The van der Waals surface area contributed by atoms with Crippen molar-refractivity contribution in [2.75, 3.05) is 0 Å². The summed E-state index contributed by atoms with van der Waals surface area (Å²) in [5, 5.41) is 9.94. The molecular weight excluding hydrogens is 344 g/mol. The van der Waals surface area contributed by atoms with Crippen molar-refractivity contribution >= 4 is 11.9 Å². The minimum Gasteiger partial charge on any atom is -0.507 e. The van der Waals surface area contributed by atoms with E-state index in [1.54, 1.807) is 0 Å². The molecule has 0 radical (unpaired) electrons. The smallest absolute Gasteiger partial charge is 0.342 e. The van der Waals surface area contributed by atoms with E-state index in [1.165, 1.54) is 18.2 Å². The number of phenolic OH excluding ortho intramolecular Hbond substituents is 1. The van der Waals surface area contributed by atoms with Gasteiger partial charge in [0.2, 0.25) is 0 Å². The first kappa shape index (κ1) is 18.2. The average Bonchev–Trinajstić information content (AvgIpc) is 2.72. The molecule has 3 aromatic carbocycles. The summed E-state index contributed by atoms with van der Waals surface area (Å²) < 4.78 is 10.5. The van der Waals surface area contributed by atoms with Crippen LogP contribution in [0.1, 0.15) is 31.8 Å². The Bertz CT molecular complexity index is 920. The van der Waals surface area contributed by atoms with Crippen LogP contribution in [0.5, 0.6) is 5.75 Å². The normalized spacial score (nSPS) is 10.2. The fourth-order valence-electron chi connectivity index (χ4n) is 2.43. The van der Waals surface area contributed by atoms with Crippen LogP contribution in [0.4, 0.5) is 0 Å². The van der Waals surface area contributed by atoms with Crippen molar-refractivity contribution < 1.29 is 24.2 Å². The molecule has 5 heteroatoms. The number of aromatic hydroxyl groups is 1. The van der Waals surface area contributed by atoms with Gasteiger partial charge in [0.25, 0.3) is 0 Å². The Morgan fingerprint density at radius 2 is 1.22 bits per heavy atom. The summed E-state index contributed by atoms with van der Waals surface area (Å²) >= 11 is 0. The van der Waals surface area contributed by atoms with Gasteiger partial charge in [-0.1, -0.05) is 60.7 Å². The van der Waals surface area contributed by atoms with Crippen molar-refractivity contribution in [3.05, 3.63) is 101 Å². The van der Waals surface area contributed by atoms with Crippen LogP contribution in [-0.4, -0.2) is 17.0 Å². The zero-order chi connectivity index (χ0) is 19.1. The second kappa shape index (κ2) is 8.67. The van der Waals surface area contributed by atoms with Crippen molar-refractivity contribution in [1.82, 2.24) is 0 Å². The van der Waals surface area contributed by atoms with E-state index in [0.717, 1.165) is 11.1 Å². The van der Waals surface area contributed by atoms with Gasteiger partial charge in [-0.25, -0.2) is 9.59 Å². The lowest BCUT2D eigenvalue weighted by atomic mass is 10.1. The van der Waals surface area contributed by atoms with Gasteiger partial charge in [-0.3, -0.25) is 0 Å². The van der Waals surface area contributed by atoms with Crippen LogP contribution in [0.15, 0.2) is 78.9 Å². The van der Waals surface area contributed by atoms with Gasteiger partial charge in [-0.05, 0) is 29.3 Å². The van der Waals surface area contributed by atoms with Crippen LogP contribution in [0.25, 0.3) is 0 Å². The Balaban J connectivity index is 1.66. The fraction of sp³-hybridized carbons (Fsp3) is 0.0909. The highest BCUT2D eigenvalue weighted by Gasteiger charge is 2.17. The molecule has 0 atom stereocenters. The highest BCUT2D eigenvalue weighted by Crippen LogP contribution is 2.21. The Hall–Kier alpha value is -3.60. The van der Waals surface area contributed by atoms with Gasteiger partial charge < -0.3 is 14.6 Å². The van der Waals surface area contributed by atoms with E-state index in [1.807, 2.05) is 60.7 Å². The first-order valence-corrected chi connectivity index (χ1v) is 8.38. The second-order valence-corrected chi connectivity index (χ2v) is 5.86. The lowest BCUT2D eigenvalue weighted by Crippen LogP contribution is -2.09. The molecule has 0 amide bonds. The van der Waals surface area contributed by atoms with Crippen molar-refractivity contribution in [2.24, 2.45) is 0 Å². The maximum absolute atomic E-state index is 12.3. The topological polar surface area (TPSA) is 72.8 Å². The SMILES string of the molecule is O=C(OCc1ccccc1)c1ccc(O)c(C(=O)OCc2ccccc2)c1. The second-order valence-electron chi connectivity index (χ2n) is 5.86. The maximum Gasteiger partial charge on any atom is 0.342 e. The van der Waals surface area contributed by atoms with Crippen LogP contribution in [0, 0.1) is 0 Å². The molecule has 27 heavy (non-hydrogen) atoms. The molecule has 136 valence electrons. The predicted molar refractivity (Wildman–Crippen MR) is 99.2 cm³/mol. The Labute approximate surface area is 156 Å². The zero-order valence-electron chi connectivity index (χ0n) is 14.5. The van der Waals surface area contributed by atoms with E-state index in [-0.39, 0.29) is 30.1 Å². The summed E-state index contributed by atoms with van der Waals surface area (Å²) in [5.41, 5.74) is 1.76. The van der Waals surface area contributed by atoms with E-state index in [0.29, 0.717) is 0 Å². The van der Waals surface area contributed by atoms with Crippen LogP contribution in [0.3, 0.4) is 0 Å². The molecule has 3 aromatic rings. The Morgan fingerprint density at radius 1 is 0.704 bits per heavy atom. The van der Waals surface area contributed by atoms with Gasteiger partial charge in [0.05, 0.1) is 5.56 Å².